The zero-order chi connectivity index (χ0) is 17.1. The van der Waals surface area contributed by atoms with Crippen molar-refractivity contribution in [2.45, 2.75) is 19.8 Å². The molecule has 2 heterocycles. The minimum atomic E-state index is 0.369. The summed E-state index contributed by atoms with van der Waals surface area (Å²) in [7, 11) is 4.32. The lowest BCUT2D eigenvalue weighted by atomic mass is 10.1. The number of benzene rings is 1. The van der Waals surface area contributed by atoms with Gasteiger partial charge in [-0.25, -0.2) is 4.98 Å². The fraction of sp³-hybridized carbons (Fsp3) is 0.368. The Labute approximate surface area is 143 Å². The van der Waals surface area contributed by atoms with E-state index in [9.17, 15) is 0 Å². The SMILES string of the molecule is CC(C)c1cc(NCC[NH+](C)C)n2ncc(-c3ccccc3)c2n1. The lowest BCUT2D eigenvalue weighted by Crippen LogP contribution is -3.06. The molecular weight excluding hydrogens is 298 g/mol. The molecule has 0 saturated heterocycles. The molecule has 1 aromatic carbocycles. The molecule has 0 aliphatic rings. The second-order valence-corrected chi connectivity index (χ2v) is 6.76. The summed E-state index contributed by atoms with van der Waals surface area (Å²) in [5, 5.41) is 8.10. The summed E-state index contributed by atoms with van der Waals surface area (Å²) in [6, 6.07) is 12.4. The highest BCUT2D eigenvalue weighted by molar-refractivity contribution is 5.78. The van der Waals surface area contributed by atoms with Crippen LogP contribution in [0, 0.1) is 0 Å². The van der Waals surface area contributed by atoms with E-state index in [1.54, 1.807) is 0 Å². The fourth-order valence-electron chi connectivity index (χ4n) is 2.67. The largest absolute Gasteiger partial charge is 0.364 e. The number of rotatable bonds is 6. The fourth-order valence-corrected chi connectivity index (χ4v) is 2.67. The maximum atomic E-state index is 4.87. The molecule has 0 radical (unpaired) electrons. The predicted octanol–water partition coefficient (Wildman–Crippen LogP) is 2.08. The van der Waals surface area contributed by atoms with Crippen LogP contribution in [-0.2, 0) is 0 Å². The van der Waals surface area contributed by atoms with Crippen LogP contribution in [0.15, 0.2) is 42.6 Å². The van der Waals surface area contributed by atoms with Gasteiger partial charge in [0, 0.05) is 17.3 Å². The molecule has 0 atom stereocenters. The van der Waals surface area contributed by atoms with E-state index in [1.807, 2.05) is 28.9 Å². The summed E-state index contributed by atoms with van der Waals surface area (Å²) in [6.07, 6.45) is 1.91. The van der Waals surface area contributed by atoms with Crippen LogP contribution in [0.25, 0.3) is 16.8 Å². The van der Waals surface area contributed by atoms with Gasteiger partial charge >= 0.3 is 0 Å². The molecule has 5 nitrogen and oxygen atoms in total. The molecule has 2 aromatic heterocycles. The van der Waals surface area contributed by atoms with Gasteiger partial charge in [-0.3, -0.25) is 0 Å². The molecule has 2 N–H and O–H groups in total. The van der Waals surface area contributed by atoms with Gasteiger partial charge in [0.15, 0.2) is 5.65 Å². The van der Waals surface area contributed by atoms with Gasteiger partial charge in [0.2, 0.25) is 0 Å². The highest BCUT2D eigenvalue weighted by Crippen LogP contribution is 2.27. The number of likely N-dealkylation sites (N-methyl/N-ethyl adjacent to an activating group) is 1. The topological polar surface area (TPSA) is 46.7 Å². The van der Waals surface area contributed by atoms with Crippen LogP contribution in [0.3, 0.4) is 0 Å². The molecule has 0 fully saturated rings. The van der Waals surface area contributed by atoms with Gasteiger partial charge in [-0.2, -0.15) is 9.61 Å². The van der Waals surface area contributed by atoms with Crippen LogP contribution < -0.4 is 10.2 Å². The van der Waals surface area contributed by atoms with E-state index >= 15 is 0 Å². The van der Waals surface area contributed by atoms with Crippen molar-refractivity contribution >= 4 is 11.5 Å². The Balaban J connectivity index is 2.06. The Hall–Kier alpha value is -2.40. The first-order valence-corrected chi connectivity index (χ1v) is 8.53. The average Bonchev–Trinajstić information content (AvgIpc) is 2.99. The summed E-state index contributed by atoms with van der Waals surface area (Å²) in [5.41, 5.74) is 4.20. The molecule has 0 amide bonds. The normalized spacial score (nSPS) is 11.6. The molecule has 0 bridgehead atoms. The van der Waals surface area contributed by atoms with E-state index in [0.29, 0.717) is 5.92 Å². The van der Waals surface area contributed by atoms with Crippen molar-refractivity contribution in [3.05, 3.63) is 48.3 Å². The smallest absolute Gasteiger partial charge is 0.165 e. The summed E-state index contributed by atoms with van der Waals surface area (Å²) in [5.74, 6) is 1.38. The van der Waals surface area contributed by atoms with Crippen molar-refractivity contribution in [2.75, 3.05) is 32.5 Å². The van der Waals surface area contributed by atoms with Crippen LogP contribution in [0.5, 0.6) is 0 Å². The molecule has 0 aliphatic heterocycles. The van der Waals surface area contributed by atoms with E-state index < -0.39 is 0 Å². The number of nitrogens with one attached hydrogen (secondary N) is 2. The van der Waals surface area contributed by atoms with Gasteiger partial charge in [-0.1, -0.05) is 44.2 Å². The van der Waals surface area contributed by atoms with Gasteiger partial charge in [0.25, 0.3) is 0 Å². The molecule has 5 heteroatoms. The number of fused-ring (bicyclic) bond motifs is 1. The number of hydrogen-bond donors (Lipinski definition) is 2. The Morgan fingerprint density at radius 2 is 1.92 bits per heavy atom. The zero-order valence-corrected chi connectivity index (χ0v) is 14.9. The van der Waals surface area contributed by atoms with Gasteiger partial charge in [-0.15, -0.1) is 0 Å². The third kappa shape index (κ3) is 3.41. The van der Waals surface area contributed by atoms with Crippen LogP contribution in [0.2, 0.25) is 0 Å². The van der Waals surface area contributed by atoms with Gasteiger partial charge in [0.05, 0.1) is 33.4 Å². The lowest BCUT2D eigenvalue weighted by molar-refractivity contribution is -0.856. The predicted molar refractivity (Wildman–Crippen MR) is 98.7 cm³/mol. The maximum Gasteiger partial charge on any atom is 0.165 e. The number of quaternary nitrogens is 1. The molecular formula is C19H26N5+. The third-order valence-corrected chi connectivity index (χ3v) is 4.10. The van der Waals surface area contributed by atoms with Crippen LogP contribution in [0.1, 0.15) is 25.5 Å². The number of nitrogens with zero attached hydrogens (tertiary/aromatic N) is 3. The van der Waals surface area contributed by atoms with E-state index in [0.717, 1.165) is 41.4 Å². The second-order valence-electron chi connectivity index (χ2n) is 6.76. The second kappa shape index (κ2) is 7.01. The first-order valence-electron chi connectivity index (χ1n) is 8.53. The molecule has 0 aliphatic carbocycles. The van der Waals surface area contributed by atoms with Crippen molar-refractivity contribution in [1.29, 1.82) is 0 Å². The monoisotopic (exact) mass is 324 g/mol. The van der Waals surface area contributed by atoms with E-state index in [-0.39, 0.29) is 0 Å². The van der Waals surface area contributed by atoms with Gasteiger partial charge in [-0.05, 0) is 11.5 Å². The van der Waals surface area contributed by atoms with Crippen molar-refractivity contribution < 1.29 is 4.90 Å². The highest BCUT2D eigenvalue weighted by atomic mass is 15.3. The van der Waals surface area contributed by atoms with Crippen molar-refractivity contribution in [1.82, 2.24) is 14.6 Å². The number of hydrogen-bond acceptors (Lipinski definition) is 3. The molecule has 126 valence electrons. The standard InChI is InChI=1S/C19H25N5/c1-14(2)17-12-18(20-10-11-23(3)4)24-19(22-17)16(13-21-24)15-8-6-5-7-9-15/h5-9,12-14,20H,10-11H2,1-4H3/p+1. The first-order chi connectivity index (χ1) is 11.6. The van der Waals surface area contributed by atoms with E-state index in [1.165, 1.54) is 4.90 Å². The molecule has 3 aromatic rings. The summed E-state index contributed by atoms with van der Waals surface area (Å²) in [4.78, 5) is 6.29. The summed E-state index contributed by atoms with van der Waals surface area (Å²) < 4.78 is 1.92. The Kier molecular flexibility index (Phi) is 4.81. The minimum absolute atomic E-state index is 0.369. The lowest BCUT2D eigenvalue weighted by Gasteiger charge is -2.13. The van der Waals surface area contributed by atoms with Crippen molar-refractivity contribution in [3.8, 4) is 11.1 Å². The Bertz CT molecular complexity index is 805. The quantitative estimate of drug-likeness (QED) is 0.730. The third-order valence-electron chi connectivity index (χ3n) is 4.10. The van der Waals surface area contributed by atoms with Crippen LogP contribution in [-0.4, -0.2) is 41.8 Å². The van der Waals surface area contributed by atoms with Gasteiger partial charge < -0.3 is 10.2 Å². The van der Waals surface area contributed by atoms with Crippen molar-refractivity contribution in [2.24, 2.45) is 0 Å². The minimum Gasteiger partial charge on any atom is -0.364 e. The number of anilines is 1. The summed E-state index contributed by atoms with van der Waals surface area (Å²) in [6.45, 7) is 6.30. The summed E-state index contributed by atoms with van der Waals surface area (Å²) >= 11 is 0. The van der Waals surface area contributed by atoms with Crippen molar-refractivity contribution in [3.63, 3.8) is 0 Å². The van der Waals surface area contributed by atoms with E-state index in [4.69, 9.17) is 4.98 Å². The Morgan fingerprint density at radius 1 is 1.17 bits per heavy atom. The van der Waals surface area contributed by atoms with Gasteiger partial charge in [0.1, 0.15) is 5.82 Å². The molecule has 0 unspecified atom stereocenters. The average molecular weight is 324 g/mol. The molecule has 3 rings (SSSR count). The number of aromatic nitrogens is 3. The molecule has 24 heavy (non-hydrogen) atoms. The maximum absolute atomic E-state index is 4.87. The van der Waals surface area contributed by atoms with Crippen LogP contribution in [0.4, 0.5) is 5.82 Å². The molecule has 0 spiro atoms. The highest BCUT2D eigenvalue weighted by Gasteiger charge is 2.14. The Morgan fingerprint density at radius 3 is 2.58 bits per heavy atom. The van der Waals surface area contributed by atoms with Crippen LogP contribution >= 0.6 is 0 Å². The van der Waals surface area contributed by atoms with E-state index in [2.05, 4.69) is 56.6 Å². The first kappa shape index (κ1) is 16.5. The zero-order valence-electron chi connectivity index (χ0n) is 14.9. The molecule has 0 saturated carbocycles.